The van der Waals surface area contributed by atoms with Crippen molar-refractivity contribution in [3.05, 3.63) is 0 Å². The van der Waals surface area contributed by atoms with Gasteiger partial charge in [-0.25, -0.2) is 0 Å². The van der Waals surface area contributed by atoms with Crippen LogP contribution in [-0.2, 0) is 4.79 Å². The van der Waals surface area contributed by atoms with Gasteiger partial charge in [-0.2, -0.15) is 0 Å². The molecule has 0 amide bonds. The van der Waals surface area contributed by atoms with Gasteiger partial charge in [0.25, 0.3) is 0 Å². The number of carbonyl (C=O) groups is 1. The molecule has 0 heterocycles. The van der Waals surface area contributed by atoms with E-state index in [1.54, 1.807) is 14.1 Å². The number of hydrogen-bond acceptors (Lipinski definition) is 3. The molecule has 0 aliphatic rings. The van der Waals surface area contributed by atoms with Crippen LogP contribution in [0, 0.1) is 0 Å². The first-order valence-corrected chi connectivity index (χ1v) is 4.01. The molecule has 3 heteroatoms. The van der Waals surface area contributed by atoms with Crippen molar-refractivity contribution in [1.29, 1.82) is 0 Å². The van der Waals surface area contributed by atoms with Crippen molar-refractivity contribution in [3.8, 4) is 0 Å². The van der Waals surface area contributed by atoms with E-state index in [1.807, 2.05) is 13.8 Å². The highest BCUT2D eigenvalue weighted by Crippen LogP contribution is 2.03. The van der Waals surface area contributed by atoms with Gasteiger partial charge in [0.2, 0.25) is 0 Å². The van der Waals surface area contributed by atoms with E-state index >= 15 is 0 Å². The number of ketones is 1. The first-order valence-electron chi connectivity index (χ1n) is 4.01. The van der Waals surface area contributed by atoms with Gasteiger partial charge in [0.15, 0.2) is 5.78 Å². The van der Waals surface area contributed by atoms with E-state index in [4.69, 9.17) is 0 Å². The number of rotatable bonds is 5. The zero-order chi connectivity index (χ0) is 8.91. The fourth-order valence-corrected chi connectivity index (χ4v) is 0.881. The average molecular weight is 158 g/mol. The predicted octanol–water partition coefficient (Wildman–Crippen LogP) is 0.511. The molecular weight excluding hydrogens is 140 g/mol. The molecule has 0 aromatic carbocycles. The Morgan fingerprint density at radius 3 is 2.09 bits per heavy atom. The van der Waals surface area contributed by atoms with E-state index in [9.17, 15) is 4.79 Å². The van der Waals surface area contributed by atoms with Crippen LogP contribution in [0.5, 0.6) is 0 Å². The topological polar surface area (TPSA) is 41.1 Å². The molecule has 0 saturated carbocycles. The second kappa shape index (κ2) is 4.46. The van der Waals surface area contributed by atoms with Crippen LogP contribution in [0.3, 0.4) is 0 Å². The lowest BCUT2D eigenvalue weighted by Crippen LogP contribution is -2.57. The number of Topliss-reactive ketones (excluding diaryl/α,β-unsaturated/α-hetero) is 1. The Morgan fingerprint density at radius 1 is 1.36 bits per heavy atom. The molecule has 0 aliphatic heterocycles. The summed E-state index contributed by atoms with van der Waals surface area (Å²) in [6, 6.07) is 0. The maximum Gasteiger partial charge on any atom is 0.167 e. The molecule has 3 nitrogen and oxygen atoms in total. The first-order chi connectivity index (χ1) is 5.10. The molecule has 66 valence electrons. The summed E-state index contributed by atoms with van der Waals surface area (Å²) < 4.78 is 0. The molecular formula is C8H18N2O. The maximum atomic E-state index is 11.4. The van der Waals surface area contributed by atoms with Gasteiger partial charge in [-0.05, 0) is 27.4 Å². The van der Waals surface area contributed by atoms with Crippen molar-refractivity contribution >= 4 is 5.78 Å². The lowest BCUT2D eigenvalue weighted by molar-refractivity contribution is -0.125. The van der Waals surface area contributed by atoms with E-state index < -0.39 is 5.66 Å². The van der Waals surface area contributed by atoms with Gasteiger partial charge >= 0.3 is 0 Å². The van der Waals surface area contributed by atoms with E-state index in [1.165, 1.54) is 0 Å². The zero-order valence-electron chi connectivity index (χ0n) is 7.82. The van der Waals surface area contributed by atoms with Crippen LogP contribution >= 0.6 is 0 Å². The fraction of sp³-hybridized carbons (Fsp3) is 0.875. The number of hydrogen-bond donors (Lipinski definition) is 2. The SMILES string of the molecule is CCCC(=O)C(C)(NC)NC. The summed E-state index contributed by atoms with van der Waals surface area (Å²) in [4.78, 5) is 11.4. The van der Waals surface area contributed by atoms with Crippen molar-refractivity contribution in [3.63, 3.8) is 0 Å². The highest BCUT2D eigenvalue weighted by molar-refractivity contribution is 5.87. The average Bonchev–Trinajstić information content (AvgIpc) is 2.03. The van der Waals surface area contributed by atoms with Gasteiger partial charge in [-0.15, -0.1) is 0 Å². The second-order valence-corrected chi connectivity index (χ2v) is 2.80. The quantitative estimate of drug-likeness (QED) is 0.573. The summed E-state index contributed by atoms with van der Waals surface area (Å²) in [7, 11) is 3.56. The van der Waals surface area contributed by atoms with Crippen LogP contribution in [0.15, 0.2) is 0 Å². The molecule has 0 aromatic rings. The number of likely N-dealkylation sites (N-methyl/N-ethyl adjacent to an activating group) is 2. The molecule has 0 aliphatic carbocycles. The minimum atomic E-state index is -0.546. The molecule has 2 N–H and O–H groups in total. The Hall–Kier alpha value is -0.410. The number of carbonyl (C=O) groups excluding carboxylic acids is 1. The van der Waals surface area contributed by atoms with E-state index in [2.05, 4.69) is 10.6 Å². The fourth-order valence-electron chi connectivity index (χ4n) is 0.881. The first kappa shape index (κ1) is 10.6. The molecule has 11 heavy (non-hydrogen) atoms. The third-order valence-electron chi connectivity index (χ3n) is 2.03. The highest BCUT2D eigenvalue weighted by atomic mass is 16.1. The molecule has 0 bridgehead atoms. The van der Waals surface area contributed by atoms with Crippen LogP contribution in [0.1, 0.15) is 26.7 Å². The molecule has 0 saturated heterocycles. The summed E-state index contributed by atoms with van der Waals surface area (Å²) >= 11 is 0. The van der Waals surface area contributed by atoms with Gasteiger partial charge in [0.1, 0.15) is 5.66 Å². The van der Waals surface area contributed by atoms with Gasteiger partial charge in [0.05, 0.1) is 0 Å². The molecule has 0 fully saturated rings. The molecule has 0 atom stereocenters. The standard InChI is InChI=1S/C8H18N2O/c1-5-6-7(11)8(2,9-3)10-4/h9-10H,5-6H2,1-4H3. The van der Waals surface area contributed by atoms with Crippen molar-refractivity contribution in [2.45, 2.75) is 32.4 Å². The maximum absolute atomic E-state index is 11.4. The molecule has 0 radical (unpaired) electrons. The van der Waals surface area contributed by atoms with E-state index in [0.717, 1.165) is 6.42 Å². The molecule has 0 spiro atoms. The van der Waals surface area contributed by atoms with E-state index in [-0.39, 0.29) is 5.78 Å². The van der Waals surface area contributed by atoms with Crippen LogP contribution in [-0.4, -0.2) is 25.5 Å². The minimum absolute atomic E-state index is 0.213. The van der Waals surface area contributed by atoms with E-state index in [0.29, 0.717) is 6.42 Å². The summed E-state index contributed by atoms with van der Waals surface area (Å²) in [6.07, 6.45) is 1.52. The summed E-state index contributed by atoms with van der Waals surface area (Å²) in [5.41, 5.74) is -0.546. The van der Waals surface area contributed by atoms with Gasteiger partial charge in [-0.1, -0.05) is 6.92 Å². The largest absolute Gasteiger partial charge is 0.296 e. The normalized spacial score (nSPS) is 11.6. The zero-order valence-corrected chi connectivity index (χ0v) is 7.82. The Balaban J connectivity index is 4.12. The monoisotopic (exact) mass is 158 g/mol. The lowest BCUT2D eigenvalue weighted by Gasteiger charge is -2.26. The van der Waals surface area contributed by atoms with Gasteiger partial charge in [0, 0.05) is 6.42 Å². The third-order valence-corrected chi connectivity index (χ3v) is 2.03. The Bertz CT molecular complexity index is 130. The van der Waals surface area contributed by atoms with Crippen LogP contribution in [0.25, 0.3) is 0 Å². The highest BCUT2D eigenvalue weighted by Gasteiger charge is 2.27. The number of nitrogens with one attached hydrogen (secondary N) is 2. The summed E-state index contributed by atoms with van der Waals surface area (Å²) in [5, 5.41) is 5.90. The Labute approximate surface area is 68.6 Å². The van der Waals surface area contributed by atoms with Crippen molar-refractivity contribution in [2.24, 2.45) is 0 Å². The third kappa shape index (κ3) is 2.60. The Morgan fingerprint density at radius 2 is 1.82 bits per heavy atom. The molecule has 0 aromatic heterocycles. The van der Waals surface area contributed by atoms with Crippen molar-refractivity contribution < 1.29 is 4.79 Å². The van der Waals surface area contributed by atoms with Gasteiger partial charge < -0.3 is 0 Å². The lowest BCUT2D eigenvalue weighted by atomic mass is 10.0. The van der Waals surface area contributed by atoms with Crippen LogP contribution in [0.4, 0.5) is 0 Å². The van der Waals surface area contributed by atoms with Crippen molar-refractivity contribution in [1.82, 2.24) is 10.6 Å². The van der Waals surface area contributed by atoms with Crippen LogP contribution < -0.4 is 10.6 Å². The van der Waals surface area contributed by atoms with Crippen LogP contribution in [0.2, 0.25) is 0 Å². The van der Waals surface area contributed by atoms with Gasteiger partial charge in [-0.3, -0.25) is 15.4 Å². The summed E-state index contributed by atoms with van der Waals surface area (Å²) in [6.45, 7) is 3.86. The Kier molecular flexibility index (Phi) is 4.30. The smallest absolute Gasteiger partial charge is 0.167 e. The molecule has 0 rings (SSSR count). The second-order valence-electron chi connectivity index (χ2n) is 2.80. The minimum Gasteiger partial charge on any atom is -0.296 e. The molecule has 0 unspecified atom stereocenters. The predicted molar refractivity (Wildman–Crippen MR) is 46.4 cm³/mol. The van der Waals surface area contributed by atoms with Crippen molar-refractivity contribution in [2.75, 3.05) is 14.1 Å². The summed E-state index contributed by atoms with van der Waals surface area (Å²) in [5.74, 6) is 0.213.